The molecule has 0 heterocycles. The van der Waals surface area contributed by atoms with E-state index >= 15 is 0 Å². The predicted molar refractivity (Wildman–Crippen MR) is 77.7 cm³/mol. The van der Waals surface area contributed by atoms with Crippen LogP contribution >= 0.6 is 0 Å². The van der Waals surface area contributed by atoms with E-state index in [0.717, 1.165) is 24.3 Å². The molecule has 2 rings (SSSR count). The van der Waals surface area contributed by atoms with E-state index in [1.807, 2.05) is 42.5 Å². The van der Waals surface area contributed by atoms with Gasteiger partial charge >= 0.3 is 0 Å². The molecule has 3 nitrogen and oxygen atoms in total. The zero-order valence-corrected chi connectivity index (χ0v) is 11.1. The van der Waals surface area contributed by atoms with E-state index in [-0.39, 0.29) is 0 Å². The second-order valence-corrected chi connectivity index (χ2v) is 4.30. The van der Waals surface area contributed by atoms with Crippen LogP contribution in [0.15, 0.2) is 48.5 Å². The van der Waals surface area contributed by atoms with Gasteiger partial charge in [0.05, 0.1) is 19.4 Å². The number of para-hydroxylation sites is 3. The average Bonchev–Trinajstić information content (AvgIpc) is 2.45. The quantitative estimate of drug-likeness (QED) is 0.638. The third-order valence-electron chi connectivity index (χ3n) is 2.96. The van der Waals surface area contributed by atoms with Crippen molar-refractivity contribution in [2.45, 2.75) is 12.8 Å². The van der Waals surface area contributed by atoms with Gasteiger partial charge in [-0.05, 0) is 36.6 Å². The van der Waals surface area contributed by atoms with Gasteiger partial charge in [0.2, 0.25) is 0 Å². The number of hydrogen-bond donors (Lipinski definition) is 1. The molecule has 0 aliphatic rings. The van der Waals surface area contributed by atoms with Crippen molar-refractivity contribution < 1.29 is 9.47 Å². The molecule has 3 heteroatoms. The van der Waals surface area contributed by atoms with Gasteiger partial charge in [0.15, 0.2) is 0 Å². The maximum Gasteiger partial charge on any atom is 0.142 e. The van der Waals surface area contributed by atoms with Crippen LogP contribution in [0.1, 0.15) is 12.0 Å². The molecule has 0 aliphatic heterocycles. The standard InChI is InChI=1S/C16H19NO2/c1-18-15-10-4-2-7-13(15)8-6-12-19-16-11-5-3-9-14(16)17/h2-5,7,9-11H,6,8,12,17H2,1H3. The summed E-state index contributed by atoms with van der Waals surface area (Å²) in [6.07, 6.45) is 1.85. The summed E-state index contributed by atoms with van der Waals surface area (Å²) < 4.78 is 11.0. The molecule has 0 radical (unpaired) electrons. The highest BCUT2D eigenvalue weighted by molar-refractivity contribution is 5.51. The molecule has 0 aliphatic carbocycles. The van der Waals surface area contributed by atoms with Crippen LogP contribution in [0.4, 0.5) is 5.69 Å². The van der Waals surface area contributed by atoms with Gasteiger partial charge in [-0.3, -0.25) is 0 Å². The largest absolute Gasteiger partial charge is 0.496 e. The van der Waals surface area contributed by atoms with Gasteiger partial charge in [0.1, 0.15) is 11.5 Å². The van der Waals surface area contributed by atoms with E-state index in [4.69, 9.17) is 15.2 Å². The fourth-order valence-corrected chi connectivity index (χ4v) is 1.97. The van der Waals surface area contributed by atoms with Crippen LogP contribution in [0.2, 0.25) is 0 Å². The molecule has 100 valence electrons. The van der Waals surface area contributed by atoms with Crippen molar-refractivity contribution >= 4 is 5.69 Å². The lowest BCUT2D eigenvalue weighted by Gasteiger charge is -2.10. The molecule has 0 spiro atoms. The Bertz CT molecular complexity index is 526. The third kappa shape index (κ3) is 3.65. The Morgan fingerprint density at radius 1 is 0.947 bits per heavy atom. The molecule has 0 fully saturated rings. The number of methoxy groups -OCH3 is 1. The molecule has 2 aromatic carbocycles. The Labute approximate surface area is 114 Å². The fraction of sp³-hybridized carbons (Fsp3) is 0.250. The van der Waals surface area contributed by atoms with Crippen molar-refractivity contribution in [3.8, 4) is 11.5 Å². The van der Waals surface area contributed by atoms with E-state index in [1.165, 1.54) is 5.56 Å². The highest BCUT2D eigenvalue weighted by Crippen LogP contribution is 2.21. The minimum Gasteiger partial charge on any atom is -0.496 e. The molecule has 0 unspecified atom stereocenters. The monoisotopic (exact) mass is 257 g/mol. The number of aryl methyl sites for hydroxylation is 1. The summed E-state index contributed by atoms with van der Waals surface area (Å²) in [5.74, 6) is 1.68. The average molecular weight is 257 g/mol. The van der Waals surface area contributed by atoms with E-state index in [0.29, 0.717) is 12.3 Å². The van der Waals surface area contributed by atoms with E-state index in [1.54, 1.807) is 7.11 Å². The Balaban J connectivity index is 1.83. The Morgan fingerprint density at radius 3 is 2.37 bits per heavy atom. The van der Waals surface area contributed by atoms with Crippen LogP contribution in [-0.4, -0.2) is 13.7 Å². The number of rotatable bonds is 6. The summed E-state index contributed by atoms with van der Waals surface area (Å²) in [6, 6.07) is 15.6. The van der Waals surface area contributed by atoms with Crippen LogP contribution in [0.5, 0.6) is 11.5 Å². The molecular formula is C16H19NO2. The molecule has 0 amide bonds. The second-order valence-electron chi connectivity index (χ2n) is 4.30. The first kappa shape index (κ1) is 13.3. The van der Waals surface area contributed by atoms with Crippen molar-refractivity contribution in [2.75, 3.05) is 19.5 Å². The van der Waals surface area contributed by atoms with Gasteiger partial charge < -0.3 is 15.2 Å². The number of nitrogen functional groups attached to an aromatic ring is 1. The second kappa shape index (κ2) is 6.69. The molecule has 2 aromatic rings. The minimum absolute atomic E-state index is 0.645. The Morgan fingerprint density at radius 2 is 1.63 bits per heavy atom. The molecule has 0 saturated heterocycles. The van der Waals surface area contributed by atoms with Gasteiger partial charge in [-0.1, -0.05) is 30.3 Å². The Kier molecular flexibility index (Phi) is 4.67. The molecule has 0 bridgehead atoms. The Hall–Kier alpha value is -2.16. The van der Waals surface area contributed by atoms with Crippen LogP contribution in [0.25, 0.3) is 0 Å². The minimum atomic E-state index is 0.645. The number of anilines is 1. The van der Waals surface area contributed by atoms with Crippen molar-refractivity contribution in [1.82, 2.24) is 0 Å². The summed E-state index contributed by atoms with van der Waals surface area (Å²) in [5.41, 5.74) is 7.70. The maximum atomic E-state index is 5.81. The van der Waals surface area contributed by atoms with Gasteiger partial charge in [-0.25, -0.2) is 0 Å². The summed E-state index contributed by atoms with van der Waals surface area (Å²) in [4.78, 5) is 0. The molecule has 2 N–H and O–H groups in total. The SMILES string of the molecule is COc1ccccc1CCCOc1ccccc1N. The lowest BCUT2D eigenvalue weighted by atomic mass is 10.1. The lowest BCUT2D eigenvalue weighted by Crippen LogP contribution is -2.02. The number of ether oxygens (including phenoxy) is 2. The first-order valence-corrected chi connectivity index (χ1v) is 6.40. The third-order valence-corrected chi connectivity index (χ3v) is 2.96. The molecule has 0 saturated carbocycles. The predicted octanol–water partition coefficient (Wildman–Crippen LogP) is 3.29. The fourth-order valence-electron chi connectivity index (χ4n) is 1.97. The topological polar surface area (TPSA) is 44.5 Å². The van der Waals surface area contributed by atoms with Crippen LogP contribution in [0, 0.1) is 0 Å². The normalized spacial score (nSPS) is 10.2. The highest BCUT2D eigenvalue weighted by Gasteiger charge is 2.02. The summed E-state index contributed by atoms with van der Waals surface area (Å²) in [6.45, 7) is 0.645. The van der Waals surface area contributed by atoms with Gasteiger partial charge in [-0.15, -0.1) is 0 Å². The van der Waals surface area contributed by atoms with E-state index in [2.05, 4.69) is 6.07 Å². The number of nitrogens with two attached hydrogens (primary N) is 1. The van der Waals surface area contributed by atoms with Crippen molar-refractivity contribution in [1.29, 1.82) is 0 Å². The van der Waals surface area contributed by atoms with Crippen molar-refractivity contribution in [3.05, 3.63) is 54.1 Å². The molecule has 19 heavy (non-hydrogen) atoms. The van der Waals surface area contributed by atoms with Gasteiger partial charge in [0.25, 0.3) is 0 Å². The smallest absolute Gasteiger partial charge is 0.142 e. The van der Waals surface area contributed by atoms with Crippen LogP contribution in [0.3, 0.4) is 0 Å². The van der Waals surface area contributed by atoms with E-state index < -0.39 is 0 Å². The maximum absolute atomic E-state index is 5.81. The summed E-state index contributed by atoms with van der Waals surface area (Å²) in [5, 5.41) is 0. The number of benzene rings is 2. The summed E-state index contributed by atoms with van der Waals surface area (Å²) >= 11 is 0. The molecule has 0 atom stereocenters. The van der Waals surface area contributed by atoms with Crippen LogP contribution < -0.4 is 15.2 Å². The molecule has 0 aromatic heterocycles. The zero-order valence-electron chi connectivity index (χ0n) is 11.1. The zero-order chi connectivity index (χ0) is 13.5. The highest BCUT2D eigenvalue weighted by atomic mass is 16.5. The first-order valence-electron chi connectivity index (χ1n) is 6.40. The van der Waals surface area contributed by atoms with Gasteiger partial charge in [-0.2, -0.15) is 0 Å². The van der Waals surface area contributed by atoms with Crippen molar-refractivity contribution in [2.24, 2.45) is 0 Å². The first-order chi connectivity index (χ1) is 9.31. The van der Waals surface area contributed by atoms with Crippen LogP contribution in [-0.2, 0) is 6.42 Å². The van der Waals surface area contributed by atoms with Crippen molar-refractivity contribution in [3.63, 3.8) is 0 Å². The summed E-state index contributed by atoms with van der Waals surface area (Å²) in [7, 11) is 1.69. The van der Waals surface area contributed by atoms with Gasteiger partial charge in [0, 0.05) is 0 Å². The lowest BCUT2D eigenvalue weighted by molar-refractivity contribution is 0.311. The molecular weight excluding hydrogens is 238 g/mol. The number of hydrogen-bond acceptors (Lipinski definition) is 3. The van der Waals surface area contributed by atoms with E-state index in [9.17, 15) is 0 Å².